The Labute approximate surface area is 154 Å². The molecule has 5 rings (SSSR count). The largest absolute Gasteiger partial charge is 0.456 e. The molecule has 124 valence electrons. The number of ether oxygens (including phenoxy) is 2. The Morgan fingerprint density at radius 1 is 0.960 bits per heavy atom. The van der Waals surface area contributed by atoms with Crippen molar-refractivity contribution in [1.82, 2.24) is 0 Å². The lowest BCUT2D eigenvalue weighted by Crippen LogP contribution is -2.32. The number of fused-ring (bicyclic) bond motifs is 6. The molecule has 3 aromatic carbocycles. The fraction of sp³-hybridized carbons (Fsp3) is 0.143. The average Bonchev–Trinajstić information content (AvgIpc) is 2.97. The molecule has 0 radical (unpaired) electrons. The molecule has 0 aromatic heterocycles. The van der Waals surface area contributed by atoms with Gasteiger partial charge in [-0.25, -0.2) is 0 Å². The molecule has 2 aliphatic rings. The van der Waals surface area contributed by atoms with Crippen LogP contribution in [0.15, 0.2) is 59.1 Å². The number of nitrogens with two attached hydrogens (primary N) is 1. The number of aryl methyl sites for hydroxylation is 1. The molecule has 3 nitrogen and oxygen atoms in total. The van der Waals surface area contributed by atoms with Crippen molar-refractivity contribution in [2.45, 2.75) is 19.1 Å². The van der Waals surface area contributed by atoms with Crippen LogP contribution in [0.2, 0.25) is 0 Å². The third kappa shape index (κ3) is 1.95. The first-order valence-corrected chi connectivity index (χ1v) is 9.00. The Balaban J connectivity index is 1.90. The van der Waals surface area contributed by atoms with E-state index in [9.17, 15) is 0 Å². The number of nitrogen functional groups attached to an aromatic ring is 1. The van der Waals surface area contributed by atoms with E-state index in [0.717, 1.165) is 32.7 Å². The summed E-state index contributed by atoms with van der Waals surface area (Å²) >= 11 is 3.67. The van der Waals surface area contributed by atoms with Crippen LogP contribution < -0.4 is 10.5 Å². The highest BCUT2D eigenvalue weighted by Crippen LogP contribution is 2.56. The van der Waals surface area contributed by atoms with Crippen molar-refractivity contribution in [3.05, 3.63) is 86.9 Å². The molecule has 0 aliphatic carbocycles. The summed E-state index contributed by atoms with van der Waals surface area (Å²) in [6, 6.07) is 18.4. The monoisotopic (exact) mass is 393 g/mol. The maximum atomic E-state index is 6.50. The van der Waals surface area contributed by atoms with Crippen molar-refractivity contribution in [3.8, 4) is 11.5 Å². The Morgan fingerprint density at radius 3 is 2.64 bits per heavy atom. The van der Waals surface area contributed by atoms with E-state index in [0.29, 0.717) is 12.3 Å². The third-order valence-corrected chi connectivity index (χ3v) is 5.94. The Hall–Kier alpha value is -2.30. The van der Waals surface area contributed by atoms with Crippen molar-refractivity contribution in [2.75, 3.05) is 5.73 Å². The van der Waals surface area contributed by atoms with Crippen LogP contribution in [-0.2, 0) is 16.9 Å². The number of hydrogen-bond donors (Lipinski definition) is 1. The molecular weight excluding hydrogens is 378 g/mol. The van der Waals surface area contributed by atoms with Crippen LogP contribution in [0, 0.1) is 6.92 Å². The van der Waals surface area contributed by atoms with Gasteiger partial charge in [-0.3, -0.25) is 0 Å². The second-order valence-corrected chi connectivity index (χ2v) is 7.44. The molecule has 3 aromatic rings. The summed E-state index contributed by atoms with van der Waals surface area (Å²) < 4.78 is 13.8. The molecule has 1 unspecified atom stereocenters. The minimum absolute atomic E-state index is 0.574. The molecule has 1 spiro atoms. The standard InChI is InChI=1S/C21H16BrNO2/c1-12-8-19-17(10-18(12)22)21(15-5-3-2-4-13(15)11-24-21)16-7-6-14(23)9-20(16)25-19/h2-10H,11,23H2,1H3. The molecular formula is C21H16BrNO2. The first-order valence-electron chi connectivity index (χ1n) is 8.20. The fourth-order valence-electron chi connectivity index (χ4n) is 3.89. The molecule has 1 atom stereocenters. The zero-order valence-corrected chi connectivity index (χ0v) is 15.3. The molecule has 0 bridgehead atoms. The highest BCUT2D eigenvalue weighted by atomic mass is 79.9. The van der Waals surface area contributed by atoms with Crippen LogP contribution in [0.4, 0.5) is 5.69 Å². The van der Waals surface area contributed by atoms with Crippen molar-refractivity contribution in [3.63, 3.8) is 0 Å². The van der Waals surface area contributed by atoms with Crippen molar-refractivity contribution < 1.29 is 9.47 Å². The fourth-order valence-corrected chi connectivity index (χ4v) is 4.23. The maximum Gasteiger partial charge on any atom is 0.151 e. The van der Waals surface area contributed by atoms with Crippen LogP contribution in [0.3, 0.4) is 0 Å². The van der Waals surface area contributed by atoms with Gasteiger partial charge in [-0.2, -0.15) is 0 Å². The topological polar surface area (TPSA) is 44.5 Å². The molecule has 2 N–H and O–H groups in total. The quantitative estimate of drug-likeness (QED) is 0.529. The van der Waals surface area contributed by atoms with Crippen molar-refractivity contribution in [2.24, 2.45) is 0 Å². The Morgan fingerprint density at radius 2 is 1.76 bits per heavy atom. The van der Waals surface area contributed by atoms with E-state index in [-0.39, 0.29) is 0 Å². The first kappa shape index (κ1) is 15.0. The molecule has 2 heterocycles. The highest BCUT2D eigenvalue weighted by molar-refractivity contribution is 9.10. The van der Waals surface area contributed by atoms with E-state index in [4.69, 9.17) is 15.2 Å². The van der Waals surface area contributed by atoms with Gasteiger partial charge in [0.15, 0.2) is 5.60 Å². The summed E-state index contributed by atoms with van der Waals surface area (Å²) in [5.74, 6) is 1.57. The van der Waals surface area contributed by atoms with Gasteiger partial charge in [-0.1, -0.05) is 40.2 Å². The van der Waals surface area contributed by atoms with Gasteiger partial charge in [-0.15, -0.1) is 0 Å². The molecule has 4 heteroatoms. The molecule has 0 saturated carbocycles. The maximum absolute atomic E-state index is 6.50. The minimum atomic E-state index is -0.663. The van der Waals surface area contributed by atoms with Crippen molar-refractivity contribution in [1.29, 1.82) is 0 Å². The summed E-state index contributed by atoms with van der Waals surface area (Å²) in [7, 11) is 0. The van der Waals surface area contributed by atoms with Crippen molar-refractivity contribution >= 4 is 21.6 Å². The predicted octanol–water partition coefficient (Wildman–Crippen LogP) is 5.27. The van der Waals surface area contributed by atoms with Gasteiger partial charge in [0.1, 0.15) is 11.5 Å². The average molecular weight is 394 g/mol. The van der Waals surface area contributed by atoms with E-state index >= 15 is 0 Å². The van der Waals surface area contributed by atoms with Gasteiger partial charge in [0.2, 0.25) is 0 Å². The van der Waals surface area contributed by atoms with Crippen LogP contribution in [-0.4, -0.2) is 0 Å². The summed E-state index contributed by atoms with van der Waals surface area (Å²) in [4.78, 5) is 0. The van der Waals surface area contributed by atoms with Gasteiger partial charge in [0.05, 0.1) is 6.61 Å². The SMILES string of the molecule is Cc1cc2c(cc1Br)C1(OCc3ccccc31)c1ccc(N)cc1O2. The van der Waals surface area contributed by atoms with Gasteiger partial charge in [0.25, 0.3) is 0 Å². The van der Waals surface area contributed by atoms with Crippen LogP contribution in [0.25, 0.3) is 0 Å². The van der Waals surface area contributed by atoms with E-state index < -0.39 is 5.60 Å². The molecule has 0 fully saturated rings. The second-order valence-electron chi connectivity index (χ2n) is 6.58. The van der Waals surface area contributed by atoms with Crippen LogP contribution in [0.1, 0.15) is 27.8 Å². The van der Waals surface area contributed by atoms with E-state index in [1.54, 1.807) is 0 Å². The van der Waals surface area contributed by atoms with E-state index in [1.807, 2.05) is 18.2 Å². The lowest BCUT2D eigenvalue weighted by atomic mass is 9.77. The lowest BCUT2D eigenvalue weighted by Gasteiger charge is -2.37. The van der Waals surface area contributed by atoms with Gasteiger partial charge >= 0.3 is 0 Å². The number of anilines is 1. The normalized spacial score (nSPS) is 19.9. The number of benzene rings is 3. The summed E-state index contributed by atoms with van der Waals surface area (Å²) in [5, 5.41) is 0. The first-order chi connectivity index (χ1) is 12.1. The molecule has 2 aliphatic heterocycles. The third-order valence-electron chi connectivity index (χ3n) is 5.09. The van der Waals surface area contributed by atoms with Gasteiger partial charge < -0.3 is 15.2 Å². The van der Waals surface area contributed by atoms with E-state index in [2.05, 4.69) is 59.3 Å². The zero-order valence-electron chi connectivity index (χ0n) is 13.7. The lowest BCUT2D eigenvalue weighted by molar-refractivity contribution is 0.0199. The summed E-state index contributed by atoms with van der Waals surface area (Å²) in [6.07, 6.45) is 0. The smallest absolute Gasteiger partial charge is 0.151 e. The second kappa shape index (κ2) is 5.10. The predicted molar refractivity (Wildman–Crippen MR) is 101 cm³/mol. The summed E-state index contributed by atoms with van der Waals surface area (Å²) in [5.41, 5.74) is 11.5. The molecule has 25 heavy (non-hydrogen) atoms. The van der Waals surface area contributed by atoms with Crippen LogP contribution >= 0.6 is 15.9 Å². The number of hydrogen-bond acceptors (Lipinski definition) is 3. The van der Waals surface area contributed by atoms with Gasteiger partial charge in [0, 0.05) is 27.4 Å². The van der Waals surface area contributed by atoms with Gasteiger partial charge in [-0.05, 0) is 47.9 Å². The molecule has 0 amide bonds. The Kier molecular flexibility index (Phi) is 3.06. The zero-order chi connectivity index (χ0) is 17.2. The summed E-state index contributed by atoms with van der Waals surface area (Å²) in [6.45, 7) is 2.63. The number of halogens is 1. The van der Waals surface area contributed by atoms with Crippen LogP contribution in [0.5, 0.6) is 11.5 Å². The number of rotatable bonds is 0. The van der Waals surface area contributed by atoms with E-state index in [1.165, 1.54) is 11.1 Å². The molecule has 0 saturated heterocycles. The Bertz CT molecular complexity index is 1030. The minimum Gasteiger partial charge on any atom is -0.456 e. The highest BCUT2D eigenvalue weighted by Gasteiger charge is 2.49.